The van der Waals surface area contributed by atoms with Gasteiger partial charge in [-0.25, -0.2) is 4.79 Å². The van der Waals surface area contributed by atoms with Crippen LogP contribution >= 0.6 is 27.5 Å². The highest BCUT2D eigenvalue weighted by Crippen LogP contribution is 2.25. The molecule has 0 fully saturated rings. The summed E-state index contributed by atoms with van der Waals surface area (Å²) < 4.78 is 10.4. The Balaban J connectivity index is 2.32. The van der Waals surface area contributed by atoms with Crippen LogP contribution in [0.3, 0.4) is 0 Å². The van der Waals surface area contributed by atoms with Crippen molar-refractivity contribution in [3.8, 4) is 11.4 Å². The van der Waals surface area contributed by atoms with E-state index in [4.69, 9.17) is 20.9 Å². The summed E-state index contributed by atoms with van der Waals surface area (Å²) in [5.41, 5.74) is 0.647. The molecule has 0 atom stereocenters. The monoisotopic (exact) mass is 330 g/mol. The van der Waals surface area contributed by atoms with Crippen molar-refractivity contribution in [3.63, 3.8) is 0 Å². The van der Waals surface area contributed by atoms with Crippen molar-refractivity contribution in [1.82, 2.24) is 10.1 Å². The van der Waals surface area contributed by atoms with Crippen molar-refractivity contribution in [2.45, 2.75) is 6.92 Å². The van der Waals surface area contributed by atoms with Gasteiger partial charge in [0.25, 0.3) is 0 Å². The molecule has 2 rings (SSSR count). The van der Waals surface area contributed by atoms with E-state index in [0.29, 0.717) is 10.6 Å². The minimum Gasteiger partial charge on any atom is -0.459 e. The summed E-state index contributed by atoms with van der Waals surface area (Å²) in [6.45, 7) is 1.95. The summed E-state index contributed by atoms with van der Waals surface area (Å²) in [6.07, 6.45) is 0. The molecule has 5 nitrogen and oxygen atoms in total. The molecule has 0 saturated carbocycles. The number of rotatable bonds is 3. The number of nitrogens with zero attached hydrogens (tertiary/aromatic N) is 2. The lowest BCUT2D eigenvalue weighted by Crippen LogP contribution is -2.04. The van der Waals surface area contributed by atoms with Crippen molar-refractivity contribution in [3.05, 3.63) is 33.6 Å². The molecular formula is C11H8BrClN2O3. The highest BCUT2D eigenvalue weighted by atomic mass is 79.9. The van der Waals surface area contributed by atoms with Crippen LogP contribution in [0, 0.1) is 0 Å². The number of ether oxygens (including phenoxy) is 1. The highest BCUT2D eigenvalue weighted by Gasteiger charge is 2.17. The Hall–Kier alpha value is -1.40. The van der Waals surface area contributed by atoms with E-state index in [9.17, 15) is 4.79 Å². The molecule has 2 aromatic rings. The number of aromatic nitrogens is 2. The Morgan fingerprint density at radius 1 is 1.50 bits per heavy atom. The SMILES string of the molecule is CCOC(=O)c1nc(-c2cc(Cl)cc(Br)c2)no1. The van der Waals surface area contributed by atoms with Crippen LogP contribution in [0.4, 0.5) is 0 Å². The third-order valence-corrected chi connectivity index (χ3v) is 2.67. The summed E-state index contributed by atoms with van der Waals surface area (Å²) in [4.78, 5) is 15.3. The van der Waals surface area contributed by atoms with E-state index in [1.54, 1.807) is 25.1 Å². The van der Waals surface area contributed by atoms with Crippen molar-refractivity contribution < 1.29 is 14.1 Å². The van der Waals surface area contributed by atoms with E-state index in [1.807, 2.05) is 0 Å². The van der Waals surface area contributed by atoms with Crippen LogP contribution in [0.5, 0.6) is 0 Å². The van der Waals surface area contributed by atoms with Gasteiger partial charge in [-0.3, -0.25) is 0 Å². The number of benzene rings is 1. The maximum absolute atomic E-state index is 11.4. The lowest BCUT2D eigenvalue weighted by molar-refractivity contribution is 0.0470. The Labute approximate surface area is 116 Å². The molecule has 0 unspecified atom stereocenters. The number of carbonyl (C=O) groups excluding carboxylic acids is 1. The molecule has 0 aliphatic heterocycles. The summed E-state index contributed by atoms with van der Waals surface area (Å²) in [7, 11) is 0. The van der Waals surface area contributed by atoms with Crippen LogP contribution in [0.25, 0.3) is 11.4 Å². The molecule has 94 valence electrons. The third-order valence-electron chi connectivity index (χ3n) is 2.00. The van der Waals surface area contributed by atoms with Crippen LogP contribution in [-0.4, -0.2) is 22.7 Å². The predicted octanol–water partition coefficient (Wildman–Crippen LogP) is 3.33. The molecule has 0 amide bonds. The molecule has 0 N–H and O–H groups in total. The van der Waals surface area contributed by atoms with Gasteiger partial charge in [-0.15, -0.1) is 0 Å². The van der Waals surface area contributed by atoms with E-state index < -0.39 is 5.97 Å². The number of hydrogen-bond acceptors (Lipinski definition) is 5. The predicted molar refractivity (Wildman–Crippen MR) is 68.4 cm³/mol. The fraction of sp³-hybridized carbons (Fsp3) is 0.182. The first-order chi connectivity index (χ1) is 8.60. The molecule has 1 aromatic heterocycles. The van der Waals surface area contributed by atoms with E-state index in [-0.39, 0.29) is 18.3 Å². The lowest BCUT2D eigenvalue weighted by atomic mass is 10.2. The first-order valence-corrected chi connectivity index (χ1v) is 6.24. The van der Waals surface area contributed by atoms with Crippen LogP contribution in [0.1, 0.15) is 17.6 Å². The molecule has 0 spiro atoms. The van der Waals surface area contributed by atoms with Gasteiger partial charge in [0.15, 0.2) is 0 Å². The van der Waals surface area contributed by atoms with Crippen molar-refractivity contribution in [2.24, 2.45) is 0 Å². The lowest BCUT2D eigenvalue weighted by Gasteiger charge is -1.97. The van der Waals surface area contributed by atoms with Gasteiger partial charge in [-0.1, -0.05) is 32.7 Å². The van der Waals surface area contributed by atoms with Gasteiger partial charge in [-0.2, -0.15) is 4.98 Å². The van der Waals surface area contributed by atoms with Crippen molar-refractivity contribution in [1.29, 1.82) is 0 Å². The standard InChI is InChI=1S/C11H8BrClN2O3/c1-2-17-11(16)10-14-9(15-18-10)6-3-7(12)5-8(13)4-6/h3-5H,2H2,1H3. The number of esters is 1. The first kappa shape index (κ1) is 13.0. The fourth-order valence-electron chi connectivity index (χ4n) is 1.30. The number of hydrogen-bond donors (Lipinski definition) is 0. The van der Waals surface area contributed by atoms with Gasteiger partial charge in [0.2, 0.25) is 5.82 Å². The van der Waals surface area contributed by atoms with Gasteiger partial charge in [0.1, 0.15) is 0 Å². The summed E-state index contributed by atoms with van der Waals surface area (Å²) >= 11 is 9.22. The molecule has 0 radical (unpaired) electrons. The van der Waals surface area contributed by atoms with Gasteiger partial charge < -0.3 is 9.26 Å². The quantitative estimate of drug-likeness (QED) is 0.807. The number of halogens is 2. The summed E-state index contributed by atoms with van der Waals surface area (Å²) in [5.74, 6) is -0.540. The molecular weight excluding hydrogens is 323 g/mol. The summed E-state index contributed by atoms with van der Waals surface area (Å²) in [6, 6.07) is 5.18. The normalized spacial score (nSPS) is 10.4. The van der Waals surface area contributed by atoms with Gasteiger partial charge >= 0.3 is 11.9 Å². The maximum Gasteiger partial charge on any atom is 0.397 e. The molecule has 7 heteroatoms. The van der Waals surface area contributed by atoms with Crippen LogP contribution < -0.4 is 0 Å². The van der Waals surface area contributed by atoms with Crippen molar-refractivity contribution in [2.75, 3.05) is 6.61 Å². The summed E-state index contributed by atoms with van der Waals surface area (Å²) in [5, 5.41) is 4.24. The zero-order chi connectivity index (χ0) is 13.1. The average Bonchev–Trinajstić information content (AvgIpc) is 2.77. The Morgan fingerprint density at radius 3 is 2.94 bits per heavy atom. The second kappa shape index (κ2) is 5.49. The maximum atomic E-state index is 11.4. The highest BCUT2D eigenvalue weighted by molar-refractivity contribution is 9.10. The second-order valence-corrected chi connectivity index (χ2v) is 4.65. The largest absolute Gasteiger partial charge is 0.459 e. The van der Waals surface area contributed by atoms with E-state index in [1.165, 1.54) is 0 Å². The number of carbonyl (C=O) groups is 1. The van der Waals surface area contributed by atoms with Crippen LogP contribution in [0.15, 0.2) is 27.2 Å². The van der Waals surface area contributed by atoms with E-state index >= 15 is 0 Å². The van der Waals surface area contributed by atoms with Gasteiger partial charge in [-0.05, 0) is 25.1 Å². The van der Waals surface area contributed by atoms with E-state index in [2.05, 4.69) is 26.1 Å². The molecule has 0 aliphatic rings. The van der Waals surface area contributed by atoms with Crippen LogP contribution in [0.2, 0.25) is 5.02 Å². The van der Waals surface area contributed by atoms with Crippen molar-refractivity contribution >= 4 is 33.5 Å². The Kier molecular flexibility index (Phi) is 3.98. The minimum atomic E-state index is -0.641. The third kappa shape index (κ3) is 2.88. The topological polar surface area (TPSA) is 65.2 Å². The zero-order valence-electron chi connectivity index (χ0n) is 9.31. The van der Waals surface area contributed by atoms with E-state index in [0.717, 1.165) is 4.47 Å². The molecule has 0 aliphatic carbocycles. The molecule has 18 heavy (non-hydrogen) atoms. The average molecular weight is 332 g/mol. The molecule has 1 heterocycles. The smallest absolute Gasteiger partial charge is 0.397 e. The Bertz CT molecular complexity index is 565. The molecule has 1 aromatic carbocycles. The second-order valence-electron chi connectivity index (χ2n) is 3.30. The Morgan fingerprint density at radius 2 is 2.28 bits per heavy atom. The zero-order valence-corrected chi connectivity index (χ0v) is 11.7. The molecule has 0 bridgehead atoms. The van der Waals surface area contributed by atoms with Gasteiger partial charge in [0.05, 0.1) is 6.61 Å². The first-order valence-electron chi connectivity index (χ1n) is 5.07. The fourth-order valence-corrected chi connectivity index (χ4v) is 2.16. The minimum absolute atomic E-state index is 0.178. The van der Waals surface area contributed by atoms with Crippen LogP contribution in [-0.2, 0) is 4.74 Å². The molecule has 0 saturated heterocycles. The van der Waals surface area contributed by atoms with Gasteiger partial charge in [0, 0.05) is 15.1 Å².